The van der Waals surface area contributed by atoms with Gasteiger partial charge in [0.25, 0.3) is 0 Å². The minimum absolute atomic E-state index is 0.451. The van der Waals surface area contributed by atoms with Crippen LogP contribution in [0, 0.1) is 6.92 Å². The van der Waals surface area contributed by atoms with Crippen LogP contribution in [0.2, 0.25) is 0 Å². The third-order valence-electron chi connectivity index (χ3n) is 3.37. The van der Waals surface area contributed by atoms with Gasteiger partial charge in [0.1, 0.15) is 17.1 Å². The number of tetrazole rings is 1. The Morgan fingerprint density at radius 3 is 2.60 bits per heavy atom. The highest BCUT2D eigenvalue weighted by atomic mass is 16.5. The smallest absolute Gasteiger partial charge is 0.223 e. The lowest BCUT2D eigenvalue weighted by atomic mass is 10.3. The minimum atomic E-state index is 0.451. The van der Waals surface area contributed by atoms with Gasteiger partial charge in [-0.3, -0.25) is 9.97 Å². The normalized spacial score (nSPS) is 10.6. The summed E-state index contributed by atoms with van der Waals surface area (Å²) in [7, 11) is 0. The molecule has 122 valence electrons. The fraction of sp³-hybridized carbons (Fsp3) is 0.0588. The number of aryl methyl sites for hydroxylation is 1. The zero-order chi connectivity index (χ0) is 17.1. The molecule has 0 saturated heterocycles. The monoisotopic (exact) mass is 331 g/mol. The minimum Gasteiger partial charge on any atom is -0.437 e. The topological polar surface area (TPSA) is 91.5 Å². The second-order valence-corrected chi connectivity index (χ2v) is 5.21. The number of hydrogen-bond acceptors (Lipinski definition) is 7. The summed E-state index contributed by atoms with van der Waals surface area (Å²) in [5.74, 6) is 1.54. The maximum Gasteiger partial charge on any atom is 0.223 e. The van der Waals surface area contributed by atoms with Crippen molar-refractivity contribution < 1.29 is 4.74 Å². The molecule has 0 fully saturated rings. The molecule has 0 amide bonds. The van der Waals surface area contributed by atoms with E-state index in [1.165, 1.54) is 4.80 Å². The second-order valence-electron chi connectivity index (χ2n) is 5.21. The summed E-state index contributed by atoms with van der Waals surface area (Å²) in [4.78, 5) is 14.0. The fourth-order valence-electron chi connectivity index (χ4n) is 2.11. The molecule has 0 spiro atoms. The first-order valence-corrected chi connectivity index (χ1v) is 7.56. The Morgan fingerprint density at radius 2 is 1.88 bits per heavy atom. The quantitative estimate of drug-likeness (QED) is 0.567. The highest BCUT2D eigenvalue weighted by Crippen LogP contribution is 2.19. The van der Waals surface area contributed by atoms with Crippen LogP contribution in [-0.4, -0.2) is 35.2 Å². The number of ether oxygens (including phenoxy) is 1. The van der Waals surface area contributed by atoms with Gasteiger partial charge in [-0.2, -0.15) is 0 Å². The van der Waals surface area contributed by atoms with Crippen LogP contribution in [0.25, 0.3) is 17.2 Å². The molecule has 0 atom stereocenters. The van der Waals surface area contributed by atoms with Crippen molar-refractivity contribution in [1.82, 2.24) is 35.2 Å². The number of aromatic nitrogens is 7. The van der Waals surface area contributed by atoms with Crippen LogP contribution in [0.4, 0.5) is 0 Å². The summed E-state index contributed by atoms with van der Waals surface area (Å²) in [6, 6.07) is 12.8. The summed E-state index contributed by atoms with van der Waals surface area (Å²) in [6.45, 7) is 1.92. The highest BCUT2D eigenvalue weighted by Gasteiger charge is 2.08. The summed E-state index contributed by atoms with van der Waals surface area (Å²) >= 11 is 0. The van der Waals surface area contributed by atoms with Crippen molar-refractivity contribution in [3.05, 3.63) is 66.7 Å². The molecule has 4 aromatic rings. The third-order valence-corrected chi connectivity index (χ3v) is 3.37. The number of nitrogens with zero attached hydrogens (tertiary/aromatic N) is 7. The van der Waals surface area contributed by atoms with Gasteiger partial charge in [-0.1, -0.05) is 6.07 Å². The zero-order valence-corrected chi connectivity index (χ0v) is 13.3. The largest absolute Gasteiger partial charge is 0.437 e. The molecule has 8 heteroatoms. The molecular weight excluding hydrogens is 318 g/mol. The Bertz CT molecular complexity index is 966. The van der Waals surface area contributed by atoms with Gasteiger partial charge in [0, 0.05) is 18.0 Å². The Balaban J connectivity index is 1.52. The highest BCUT2D eigenvalue weighted by molar-refractivity contribution is 5.47. The number of hydrogen-bond donors (Lipinski definition) is 0. The van der Waals surface area contributed by atoms with E-state index in [0.29, 0.717) is 28.8 Å². The van der Waals surface area contributed by atoms with Gasteiger partial charge in [0.05, 0.1) is 12.4 Å². The standard InChI is InChI=1S/C17H13N7O/c1-12-5-7-14(11-19-12)25-16-8-6-13(10-20-16)24-22-17(21-23-24)15-4-2-3-9-18-15/h2-11H,1H3. The van der Waals surface area contributed by atoms with Crippen LogP contribution in [-0.2, 0) is 0 Å². The van der Waals surface area contributed by atoms with Gasteiger partial charge in [0.2, 0.25) is 11.7 Å². The molecule has 0 aromatic carbocycles. The van der Waals surface area contributed by atoms with E-state index in [2.05, 4.69) is 30.4 Å². The number of rotatable bonds is 4. The van der Waals surface area contributed by atoms with Gasteiger partial charge >= 0.3 is 0 Å². The molecule has 0 unspecified atom stereocenters. The predicted molar refractivity (Wildman–Crippen MR) is 89.2 cm³/mol. The molecule has 0 saturated carbocycles. The first-order chi connectivity index (χ1) is 12.3. The summed E-state index contributed by atoms with van der Waals surface area (Å²) < 4.78 is 5.65. The van der Waals surface area contributed by atoms with Gasteiger partial charge in [0.15, 0.2) is 0 Å². The maximum absolute atomic E-state index is 5.65. The SMILES string of the molecule is Cc1ccc(Oc2ccc(-n3nnc(-c4ccccn4)n3)cn2)cn1. The molecule has 4 heterocycles. The van der Waals surface area contributed by atoms with E-state index < -0.39 is 0 Å². The van der Waals surface area contributed by atoms with Gasteiger partial charge in [-0.15, -0.1) is 15.0 Å². The lowest BCUT2D eigenvalue weighted by molar-refractivity contribution is 0.460. The lowest BCUT2D eigenvalue weighted by Gasteiger charge is -2.05. The van der Waals surface area contributed by atoms with E-state index in [-0.39, 0.29) is 0 Å². The maximum atomic E-state index is 5.65. The van der Waals surface area contributed by atoms with Crippen LogP contribution < -0.4 is 4.74 Å². The molecule has 4 rings (SSSR count). The molecule has 8 nitrogen and oxygen atoms in total. The lowest BCUT2D eigenvalue weighted by Crippen LogP contribution is -2.00. The van der Waals surface area contributed by atoms with Gasteiger partial charge in [-0.05, 0) is 42.5 Å². The summed E-state index contributed by atoms with van der Waals surface area (Å²) in [6.07, 6.45) is 4.95. The predicted octanol–water partition coefficient (Wildman–Crippen LogP) is 2.62. The zero-order valence-electron chi connectivity index (χ0n) is 13.3. The van der Waals surface area contributed by atoms with Crippen LogP contribution in [0.5, 0.6) is 11.6 Å². The van der Waals surface area contributed by atoms with Crippen LogP contribution in [0.1, 0.15) is 5.69 Å². The molecular formula is C17H13N7O. The van der Waals surface area contributed by atoms with Gasteiger partial charge in [-0.25, -0.2) is 4.98 Å². The summed E-state index contributed by atoms with van der Waals surface area (Å²) in [5, 5.41) is 12.4. The van der Waals surface area contributed by atoms with E-state index in [1.54, 1.807) is 30.7 Å². The van der Waals surface area contributed by atoms with Crippen LogP contribution >= 0.6 is 0 Å². The van der Waals surface area contributed by atoms with Crippen molar-refractivity contribution in [2.45, 2.75) is 6.92 Å². The van der Waals surface area contributed by atoms with Crippen molar-refractivity contribution in [3.8, 4) is 28.8 Å². The Kier molecular flexibility index (Phi) is 3.83. The average molecular weight is 331 g/mol. The van der Waals surface area contributed by atoms with Crippen molar-refractivity contribution in [2.75, 3.05) is 0 Å². The number of pyridine rings is 3. The first-order valence-electron chi connectivity index (χ1n) is 7.56. The van der Waals surface area contributed by atoms with Crippen molar-refractivity contribution >= 4 is 0 Å². The molecule has 0 bridgehead atoms. The fourth-order valence-corrected chi connectivity index (χ4v) is 2.11. The van der Waals surface area contributed by atoms with E-state index in [9.17, 15) is 0 Å². The van der Waals surface area contributed by atoms with Crippen LogP contribution in [0.15, 0.2) is 61.1 Å². The van der Waals surface area contributed by atoms with E-state index in [0.717, 1.165) is 5.69 Å². The Hall–Kier alpha value is -3.68. The van der Waals surface area contributed by atoms with Crippen molar-refractivity contribution in [1.29, 1.82) is 0 Å². The molecule has 25 heavy (non-hydrogen) atoms. The second kappa shape index (κ2) is 6.44. The average Bonchev–Trinajstić information content (AvgIpc) is 3.15. The van der Waals surface area contributed by atoms with E-state index in [1.807, 2.05) is 37.3 Å². The van der Waals surface area contributed by atoms with Crippen LogP contribution in [0.3, 0.4) is 0 Å². The van der Waals surface area contributed by atoms with Gasteiger partial charge < -0.3 is 4.74 Å². The Labute approximate surface area is 143 Å². The molecule has 0 aliphatic carbocycles. The van der Waals surface area contributed by atoms with E-state index >= 15 is 0 Å². The molecule has 0 radical (unpaired) electrons. The van der Waals surface area contributed by atoms with Crippen molar-refractivity contribution in [2.24, 2.45) is 0 Å². The molecule has 0 aliphatic rings. The Morgan fingerprint density at radius 1 is 0.920 bits per heavy atom. The van der Waals surface area contributed by atoms with E-state index in [4.69, 9.17) is 4.74 Å². The molecule has 4 aromatic heterocycles. The summed E-state index contributed by atoms with van der Waals surface area (Å²) in [5.41, 5.74) is 2.26. The third kappa shape index (κ3) is 3.32. The first kappa shape index (κ1) is 14.9. The molecule has 0 N–H and O–H groups in total. The molecule has 0 aliphatic heterocycles. The van der Waals surface area contributed by atoms with Crippen molar-refractivity contribution in [3.63, 3.8) is 0 Å².